The maximum absolute atomic E-state index is 13.0. The van der Waals surface area contributed by atoms with Crippen LogP contribution in [0.15, 0.2) is 47.9 Å². The number of Topliss-reactive ketones (excluding diaryl/α,β-unsaturated/α-hetero) is 1. The van der Waals surface area contributed by atoms with Crippen LogP contribution in [-0.4, -0.2) is 45.0 Å². The summed E-state index contributed by atoms with van der Waals surface area (Å²) in [7, 11) is 1.67. The molecule has 0 N–H and O–H groups in total. The number of aromatic nitrogens is 4. The molecule has 2 heterocycles. The normalized spacial score (nSPS) is 11.0. The van der Waals surface area contributed by atoms with Crippen LogP contribution in [0.2, 0.25) is 0 Å². The van der Waals surface area contributed by atoms with Crippen molar-refractivity contribution in [3.05, 3.63) is 59.4 Å². The Morgan fingerprint density at radius 1 is 1.10 bits per heavy atom. The Labute approximate surface area is 175 Å². The van der Waals surface area contributed by atoms with Crippen LogP contribution >= 0.6 is 11.8 Å². The minimum Gasteiger partial charge on any atom is -0.383 e. The minimum absolute atomic E-state index is 0.119. The van der Waals surface area contributed by atoms with E-state index in [1.807, 2.05) is 22.8 Å². The largest absolute Gasteiger partial charge is 0.383 e. The summed E-state index contributed by atoms with van der Waals surface area (Å²) in [4.78, 5) is 17.0. The predicted molar refractivity (Wildman–Crippen MR) is 115 cm³/mol. The monoisotopic (exact) mass is 410 g/mol. The topological polar surface area (TPSA) is 69.9 Å². The maximum atomic E-state index is 13.0. The molecule has 0 aliphatic carbocycles. The molecule has 0 aliphatic rings. The number of thioether (sulfide) groups is 1. The Morgan fingerprint density at radius 2 is 1.90 bits per heavy atom. The molecule has 7 heteroatoms. The number of pyridine rings is 1. The van der Waals surface area contributed by atoms with Crippen LogP contribution < -0.4 is 0 Å². The quantitative estimate of drug-likeness (QED) is 0.370. The van der Waals surface area contributed by atoms with Crippen LogP contribution in [0.4, 0.5) is 0 Å². The average Bonchev–Trinajstić information content (AvgIpc) is 3.18. The number of aryl methyl sites for hydroxylation is 2. The van der Waals surface area contributed by atoms with Crippen molar-refractivity contribution >= 4 is 17.5 Å². The van der Waals surface area contributed by atoms with Crippen LogP contribution in [0.5, 0.6) is 0 Å². The summed E-state index contributed by atoms with van der Waals surface area (Å²) in [6, 6.07) is 10.00. The molecular weight excluding hydrogens is 384 g/mol. The lowest BCUT2D eigenvalue weighted by Crippen LogP contribution is -2.10. The molecule has 0 saturated heterocycles. The third kappa shape index (κ3) is 5.10. The molecular formula is C22H26N4O2S. The van der Waals surface area contributed by atoms with Gasteiger partial charge in [0.25, 0.3) is 0 Å². The first-order chi connectivity index (χ1) is 14.2. The number of methoxy groups -OCH3 is 1. The molecule has 1 aromatic carbocycles. The molecule has 0 unspecified atom stereocenters. The zero-order valence-corrected chi connectivity index (χ0v) is 17.9. The van der Waals surface area contributed by atoms with E-state index in [0.29, 0.717) is 24.1 Å². The lowest BCUT2D eigenvalue weighted by atomic mass is 9.98. The van der Waals surface area contributed by atoms with Gasteiger partial charge in [-0.1, -0.05) is 37.7 Å². The van der Waals surface area contributed by atoms with E-state index in [9.17, 15) is 4.79 Å². The fourth-order valence-corrected chi connectivity index (χ4v) is 3.96. The Bertz CT molecular complexity index is 957. The van der Waals surface area contributed by atoms with Crippen molar-refractivity contribution < 1.29 is 9.53 Å². The van der Waals surface area contributed by atoms with Crippen molar-refractivity contribution in [2.75, 3.05) is 19.5 Å². The molecule has 0 atom stereocenters. The van der Waals surface area contributed by atoms with E-state index in [4.69, 9.17) is 4.74 Å². The molecule has 3 aromatic rings. The molecule has 152 valence electrons. The van der Waals surface area contributed by atoms with Crippen molar-refractivity contribution in [3.63, 3.8) is 0 Å². The van der Waals surface area contributed by atoms with E-state index in [2.05, 4.69) is 41.2 Å². The van der Waals surface area contributed by atoms with E-state index < -0.39 is 0 Å². The molecule has 29 heavy (non-hydrogen) atoms. The lowest BCUT2D eigenvalue weighted by Gasteiger charge is -2.11. The Hall–Kier alpha value is -2.51. The Morgan fingerprint density at radius 3 is 2.59 bits per heavy atom. The summed E-state index contributed by atoms with van der Waals surface area (Å²) in [5.41, 5.74) is 4.02. The fraction of sp³-hybridized carbons (Fsp3) is 0.364. The maximum Gasteiger partial charge on any atom is 0.192 e. The highest BCUT2D eigenvalue weighted by molar-refractivity contribution is 7.99. The molecule has 0 aliphatic heterocycles. The van der Waals surface area contributed by atoms with Crippen molar-refractivity contribution in [1.82, 2.24) is 19.7 Å². The Balaban J connectivity index is 1.82. The Kier molecular flexibility index (Phi) is 7.55. The standard InChI is InChI=1S/C22H26N4O2S/c1-4-16-6-7-17(5-2)19(14-16)20(27)15-29-22-25-24-21(26(22)12-13-28-3)18-8-10-23-11-9-18/h6-11,14H,4-5,12-13,15H2,1-3H3. The predicted octanol–water partition coefficient (Wildman–Crippen LogP) is 4.09. The first-order valence-electron chi connectivity index (χ1n) is 9.78. The SMILES string of the molecule is CCc1ccc(CC)c(C(=O)CSc2nnc(-c3ccncc3)n2CCOC)c1. The second-order valence-corrected chi connectivity index (χ2v) is 7.54. The van der Waals surface area contributed by atoms with Gasteiger partial charge >= 0.3 is 0 Å². The third-order valence-corrected chi connectivity index (χ3v) is 5.74. The highest BCUT2D eigenvalue weighted by atomic mass is 32.2. The zero-order valence-electron chi connectivity index (χ0n) is 17.1. The highest BCUT2D eigenvalue weighted by Crippen LogP contribution is 2.25. The van der Waals surface area contributed by atoms with Crippen LogP contribution in [0.1, 0.15) is 35.3 Å². The van der Waals surface area contributed by atoms with Gasteiger partial charge in [-0.15, -0.1) is 10.2 Å². The van der Waals surface area contributed by atoms with Gasteiger partial charge in [-0.2, -0.15) is 0 Å². The lowest BCUT2D eigenvalue weighted by molar-refractivity contribution is 0.102. The summed E-state index contributed by atoms with van der Waals surface area (Å²) >= 11 is 1.42. The van der Waals surface area contributed by atoms with Gasteiger partial charge < -0.3 is 4.74 Å². The van der Waals surface area contributed by atoms with Crippen LogP contribution in [0.25, 0.3) is 11.4 Å². The van der Waals surface area contributed by atoms with Gasteiger partial charge in [-0.3, -0.25) is 14.3 Å². The fourth-order valence-electron chi connectivity index (χ4n) is 3.11. The molecule has 3 rings (SSSR count). The smallest absolute Gasteiger partial charge is 0.192 e. The number of rotatable bonds is 10. The zero-order chi connectivity index (χ0) is 20.6. The third-order valence-electron chi connectivity index (χ3n) is 4.77. The number of hydrogen-bond acceptors (Lipinski definition) is 6. The van der Waals surface area contributed by atoms with Gasteiger partial charge in [0.15, 0.2) is 16.8 Å². The van der Waals surface area contributed by atoms with Gasteiger partial charge in [0, 0.05) is 30.6 Å². The number of hydrogen-bond donors (Lipinski definition) is 0. The van der Waals surface area contributed by atoms with Crippen LogP contribution in [0, 0.1) is 0 Å². The van der Waals surface area contributed by atoms with Gasteiger partial charge in [0.2, 0.25) is 0 Å². The molecule has 0 radical (unpaired) electrons. The first kappa shape index (κ1) is 21.2. The molecule has 2 aromatic heterocycles. The van der Waals surface area contributed by atoms with Crippen molar-refractivity contribution in [2.24, 2.45) is 0 Å². The molecule has 0 saturated carbocycles. The molecule has 0 fully saturated rings. The number of nitrogens with zero attached hydrogens (tertiary/aromatic N) is 4. The minimum atomic E-state index is 0.119. The van der Waals surface area contributed by atoms with Crippen LogP contribution in [-0.2, 0) is 24.1 Å². The highest BCUT2D eigenvalue weighted by Gasteiger charge is 2.17. The second-order valence-electron chi connectivity index (χ2n) is 6.60. The van der Waals surface area contributed by atoms with E-state index in [0.717, 1.165) is 35.4 Å². The number of benzene rings is 1. The van der Waals surface area contributed by atoms with Crippen molar-refractivity contribution in [2.45, 2.75) is 38.4 Å². The first-order valence-corrected chi connectivity index (χ1v) is 10.8. The van der Waals surface area contributed by atoms with E-state index in [1.54, 1.807) is 19.5 Å². The summed E-state index contributed by atoms with van der Waals surface area (Å²) in [5, 5.41) is 9.40. The van der Waals surface area contributed by atoms with E-state index >= 15 is 0 Å². The van der Waals surface area contributed by atoms with Gasteiger partial charge in [-0.05, 0) is 42.2 Å². The van der Waals surface area contributed by atoms with Crippen molar-refractivity contribution in [1.29, 1.82) is 0 Å². The molecule has 0 amide bonds. The van der Waals surface area contributed by atoms with Gasteiger partial charge in [0.05, 0.1) is 18.9 Å². The van der Waals surface area contributed by atoms with Gasteiger partial charge in [0.1, 0.15) is 0 Å². The summed E-state index contributed by atoms with van der Waals surface area (Å²) in [6.45, 7) is 5.33. The van der Waals surface area contributed by atoms with Crippen molar-refractivity contribution in [3.8, 4) is 11.4 Å². The number of ketones is 1. The van der Waals surface area contributed by atoms with E-state index in [-0.39, 0.29) is 5.78 Å². The van der Waals surface area contributed by atoms with E-state index in [1.165, 1.54) is 17.3 Å². The molecule has 0 bridgehead atoms. The average molecular weight is 411 g/mol. The van der Waals surface area contributed by atoms with Crippen LogP contribution in [0.3, 0.4) is 0 Å². The molecule has 6 nitrogen and oxygen atoms in total. The second kappa shape index (κ2) is 10.3. The number of ether oxygens (including phenoxy) is 1. The summed E-state index contributed by atoms with van der Waals surface area (Å²) < 4.78 is 7.25. The molecule has 0 spiro atoms. The summed E-state index contributed by atoms with van der Waals surface area (Å²) in [5.74, 6) is 1.19. The number of carbonyl (C=O) groups excluding carboxylic acids is 1. The van der Waals surface area contributed by atoms with Gasteiger partial charge in [-0.25, -0.2) is 0 Å². The summed E-state index contributed by atoms with van der Waals surface area (Å²) in [6.07, 6.45) is 5.21. The number of carbonyl (C=O) groups is 1.